The van der Waals surface area contributed by atoms with Crippen LogP contribution in [0.4, 0.5) is 0 Å². The van der Waals surface area contributed by atoms with Crippen LogP contribution in [0.5, 0.6) is 0 Å². The summed E-state index contributed by atoms with van der Waals surface area (Å²) in [7, 11) is -0.0511. The topological polar surface area (TPSA) is 9.23 Å². The third kappa shape index (κ3) is 2.48. The maximum absolute atomic E-state index is 6.18. The van der Waals surface area contributed by atoms with Crippen LogP contribution in [0.1, 0.15) is 41.0 Å². The van der Waals surface area contributed by atoms with E-state index in [0.717, 1.165) is 0 Å². The largest absolute Gasteiger partial charge is 0.415 e. The minimum atomic E-state index is -1.95. The Labute approximate surface area is 107 Å². The second-order valence-corrected chi connectivity index (χ2v) is 10.8. The molecule has 0 radical (unpaired) electrons. The van der Waals surface area contributed by atoms with Gasteiger partial charge in [0.05, 0.1) is 0 Å². The summed E-state index contributed by atoms with van der Waals surface area (Å²) in [4.78, 5) is 0. The van der Waals surface area contributed by atoms with Crippen molar-refractivity contribution < 1.29 is 4.43 Å². The Morgan fingerprint density at radius 2 is 1.71 bits per heavy atom. The van der Waals surface area contributed by atoms with E-state index in [2.05, 4.69) is 65.0 Å². The molecule has 0 amide bonds. The van der Waals surface area contributed by atoms with Crippen molar-refractivity contribution in [1.82, 2.24) is 0 Å². The molecule has 0 aromatic heterocycles. The van der Waals surface area contributed by atoms with Gasteiger partial charge in [0.25, 0.3) is 0 Å². The standard InChI is InChI=1S/C15H26OSi/c1-7-13(2)17(16-6,15(3,4)5)14-11-9-8-10-12-14/h8-13H,7H2,1-6H3. The SMILES string of the molecule is CCC(C)[Si](OC)(c1ccccc1)C(C)(C)C. The summed E-state index contributed by atoms with van der Waals surface area (Å²) in [5.74, 6) is 0. The van der Waals surface area contributed by atoms with Crippen molar-refractivity contribution in [3.63, 3.8) is 0 Å². The molecule has 0 spiro atoms. The first-order chi connectivity index (χ1) is 7.90. The highest BCUT2D eigenvalue weighted by Gasteiger charge is 2.50. The molecule has 1 rings (SSSR count). The summed E-state index contributed by atoms with van der Waals surface area (Å²) in [6, 6.07) is 10.8. The predicted octanol–water partition coefficient (Wildman–Crippen LogP) is 4.09. The molecule has 0 heterocycles. The average Bonchev–Trinajstić information content (AvgIpc) is 2.30. The molecule has 1 aromatic carbocycles. The number of hydrogen-bond acceptors (Lipinski definition) is 1. The fraction of sp³-hybridized carbons (Fsp3) is 0.600. The van der Waals surface area contributed by atoms with Crippen molar-refractivity contribution >= 4 is 13.5 Å². The highest BCUT2D eigenvalue weighted by Crippen LogP contribution is 2.44. The molecular formula is C15H26OSi. The van der Waals surface area contributed by atoms with Crippen LogP contribution >= 0.6 is 0 Å². The minimum Gasteiger partial charge on any atom is -0.415 e. The Morgan fingerprint density at radius 3 is 2.06 bits per heavy atom. The molecule has 1 aromatic rings. The zero-order valence-electron chi connectivity index (χ0n) is 12.1. The molecular weight excluding hydrogens is 224 g/mol. The average molecular weight is 250 g/mol. The van der Waals surface area contributed by atoms with E-state index >= 15 is 0 Å². The second kappa shape index (κ2) is 5.36. The van der Waals surface area contributed by atoms with Gasteiger partial charge < -0.3 is 4.43 Å². The van der Waals surface area contributed by atoms with E-state index in [1.807, 2.05) is 7.11 Å². The van der Waals surface area contributed by atoms with E-state index in [0.29, 0.717) is 5.54 Å². The van der Waals surface area contributed by atoms with Crippen LogP contribution in [-0.2, 0) is 4.43 Å². The fourth-order valence-corrected chi connectivity index (χ4v) is 8.48. The summed E-state index contributed by atoms with van der Waals surface area (Å²) < 4.78 is 6.18. The predicted molar refractivity (Wildman–Crippen MR) is 78.3 cm³/mol. The first kappa shape index (κ1) is 14.5. The Hall–Kier alpha value is -0.603. The van der Waals surface area contributed by atoms with E-state index in [4.69, 9.17) is 4.43 Å². The lowest BCUT2D eigenvalue weighted by molar-refractivity contribution is 0.358. The maximum Gasteiger partial charge on any atom is 0.231 e. The highest BCUT2D eigenvalue weighted by atomic mass is 28.4. The Morgan fingerprint density at radius 1 is 1.18 bits per heavy atom. The van der Waals surface area contributed by atoms with Crippen LogP contribution in [0, 0.1) is 0 Å². The van der Waals surface area contributed by atoms with Crippen molar-refractivity contribution in [2.24, 2.45) is 0 Å². The van der Waals surface area contributed by atoms with E-state index in [9.17, 15) is 0 Å². The Balaban J connectivity index is 3.37. The summed E-state index contributed by atoms with van der Waals surface area (Å²) in [6.45, 7) is 11.6. The van der Waals surface area contributed by atoms with Gasteiger partial charge in [-0.3, -0.25) is 0 Å². The number of hydrogen-bond donors (Lipinski definition) is 0. The van der Waals surface area contributed by atoms with Crippen LogP contribution in [0.15, 0.2) is 30.3 Å². The van der Waals surface area contributed by atoms with E-state index in [1.165, 1.54) is 11.6 Å². The monoisotopic (exact) mass is 250 g/mol. The summed E-state index contributed by atoms with van der Waals surface area (Å²) in [6.07, 6.45) is 1.17. The molecule has 17 heavy (non-hydrogen) atoms. The molecule has 0 aliphatic carbocycles. The molecule has 0 aliphatic heterocycles. The smallest absolute Gasteiger partial charge is 0.231 e. The van der Waals surface area contributed by atoms with E-state index < -0.39 is 8.32 Å². The molecule has 0 aliphatic rings. The molecule has 0 saturated heterocycles. The first-order valence-electron chi connectivity index (χ1n) is 6.50. The van der Waals surface area contributed by atoms with Crippen LogP contribution in [0.2, 0.25) is 10.6 Å². The van der Waals surface area contributed by atoms with Crippen LogP contribution in [0.3, 0.4) is 0 Å². The third-order valence-electron chi connectivity index (χ3n) is 3.95. The van der Waals surface area contributed by atoms with Crippen LogP contribution in [0.25, 0.3) is 0 Å². The molecule has 2 atom stereocenters. The lowest BCUT2D eigenvalue weighted by atomic mass is 10.2. The van der Waals surface area contributed by atoms with Crippen molar-refractivity contribution in [3.8, 4) is 0 Å². The van der Waals surface area contributed by atoms with Gasteiger partial charge in [-0.05, 0) is 15.8 Å². The van der Waals surface area contributed by atoms with Gasteiger partial charge in [0, 0.05) is 7.11 Å². The van der Waals surface area contributed by atoms with E-state index in [1.54, 1.807) is 0 Å². The van der Waals surface area contributed by atoms with Crippen molar-refractivity contribution in [1.29, 1.82) is 0 Å². The zero-order valence-corrected chi connectivity index (χ0v) is 13.1. The van der Waals surface area contributed by atoms with Gasteiger partial charge in [-0.2, -0.15) is 0 Å². The van der Waals surface area contributed by atoms with Gasteiger partial charge >= 0.3 is 0 Å². The maximum atomic E-state index is 6.18. The molecule has 0 saturated carbocycles. The molecule has 2 unspecified atom stereocenters. The summed E-state index contributed by atoms with van der Waals surface area (Å²) in [5.41, 5.74) is 0.620. The summed E-state index contributed by atoms with van der Waals surface area (Å²) >= 11 is 0. The van der Waals surface area contributed by atoms with Gasteiger partial charge in [-0.25, -0.2) is 0 Å². The van der Waals surface area contributed by atoms with Gasteiger partial charge in [-0.15, -0.1) is 0 Å². The molecule has 0 fully saturated rings. The van der Waals surface area contributed by atoms with Gasteiger partial charge in [0.1, 0.15) is 0 Å². The first-order valence-corrected chi connectivity index (χ1v) is 8.49. The lowest BCUT2D eigenvalue weighted by Gasteiger charge is -2.45. The Kier molecular flexibility index (Phi) is 4.56. The second-order valence-electron chi connectivity index (χ2n) is 5.87. The van der Waals surface area contributed by atoms with Crippen molar-refractivity contribution in [2.75, 3.05) is 7.11 Å². The number of rotatable bonds is 4. The molecule has 0 N–H and O–H groups in total. The normalized spacial score (nSPS) is 17.5. The molecule has 96 valence electrons. The summed E-state index contributed by atoms with van der Waals surface area (Å²) in [5, 5.41) is 1.63. The lowest BCUT2D eigenvalue weighted by Crippen LogP contribution is -2.59. The van der Waals surface area contributed by atoms with Crippen LogP contribution < -0.4 is 5.19 Å². The van der Waals surface area contributed by atoms with Gasteiger partial charge in [-0.1, -0.05) is 71.4 Å². The third-order valence-corrected chi connectivity index (χ3v) is 9.80. The minimum absolute atomic E-state index is 0.207. The molecule has 2 heteroatoms. The van der Waals surface area contributed by atoms with Gasteiger partial charge in [0.2, 0.25) is 8.32 Å². The fourth-order valence-electron chi connectivity index (χ4n) is 3.06. The van der Waals surface area contributed by atoms with E-state index in [-0.39, 0.29) is 5.04 Å². The molecule has 0 bridgehead atoms. The van der Waals surface area contributed by atoms with Crippen LogP contribution in [-0.4, -0.2) is 15.4 Å². The van der Waals surface area contributed by atoms with Crippen molar-refractivity contribution in [3.05, 3.63) is 30.3 Å². The highest BCUT2D eigenvalue weighted by molar-refractivity contribution is 6.90. The Bertz CT molecular complexity index is 342. The van der Waals surface area contributed by atoms with Gasteiger partial charge in [0.15, 0.2) is 0 Å². The quantitative estimate of drug-likeness (QED) is 0.732. The zero-order chi connectivity index (χ0) is 13.1. The number of benzene rings is 1. The molecule has 1 nitrogen and oxygen atoms in total. The van der Waals surface area contributed by atoms with Crippen molar-refractivity contribution in [2.45, 2.75) is 51.6 Å².